The molecule has 0 spiro atoms. The molecule has 1 saturated heterocycles. The molecule has 0 radical (unpaired) electrons. The van der Waals surface area contributed by atoms with E-state index in [1.54, 1.807) is 12.1 Å². The van der Waals surface area contributed by atoms with Gasteiger partial charge in [0.2, 0.25) is 5.91 Å². The Kier molecular flexibility index (Phi) is 9.51. The Morgan fingerprint density at radius 1 is 1.09 bits per heavy atom. The molecule has 1 heterocycles. The van der Waals surface area contributed by atoms with Gasteiger partial charge in [-0.3, -0.25) is 19.3 Å². The first-order chi connectivity index (χ1) is 16.2. The molecule has 0 aliphatic carbocycles. The van der Waals surface area contributed by atoms with Crippen LogP contribution in [0.4, 0.5) is 0 Å². The minimum atomic E-state index is -0.765. The van der Waals surface area contributed by atoms with Crippen LogP contribution in [0.3, 0.4) is 0 Å². The third-order valence-electron chi connectivity index (χ3n) is 5.81. The molecule has 2 unspecified atom stereocenters. The van der Waals surface area contributed by atoms with Gasteiger partial charge in [0, 0.05) is 12.1 Å². The lowest BCUT2D eigenvalue weighted by molar-refractivity contribution is -0.129. The zero-order valence-corrected chi connectivity index (χ0v) is 21.0. The van der Waals surface area contributed by atoms with E-state index in [4.69, 9.17) is 23.2 Å². The second-order valence-electron chi connectivity index (χ2n) is 9.15. The Morgan fingerprint density at radius 3 is 2.50 bits per heavy atom. The first-order valence-electron chi connectivity index (χ1n) is 11.6. The molecule has 0 aromatic heterocycles. The van der Waals surface area contributed by atoms with Crippen LogP contribution in [-0.2, 0) is 16.1 Å². The maximum Gasteiger partial charge on any atom is 0.251 e. The van der Waals surface area contributed by atoms with E-state index in [0.29, 0.717) is 30.0 Å². The van der Waals surface area contributed by atoms with Crippen LogP contribution >= 0.6 is 23.2 Å². The van der Waals surface area contributed by atoms with Gasteiger partial charge >= 0.3 is 0 Å². The summed E-state index contributed by atoms with van der Waals surface area (Å²) in [4.78, 5) is 40.9. The molecule has 2 amide bonds. The highest BCUT2D eigenvalue weighted by atomic mass is 35.5. The summed E-state index contributed by atoms with van der Waals surface area (Å²) in [6.07, 6.45) is 1.82. The Balaban J connectivity index is 1.63. The van der Waals surface area contributed by atoms with Crippen molar-refractivity contribution in [3.05, 3.63) is 69.7 Å². The molecule has 0 saturated carbocycles. The number of nitrogens with one attached hydrogen (secondary N) is 2. The molecule has 182 valence electrons. The number of nitrogens with zero attached hydrogens (tertiary/aromatic N) is 1. The highest BCUT2D eigenvalue weighted by Crippen LogP contribution is 2.23. The van der Waals surface area contributed by atoms with E-state index in [1.807, 2.05) is 44.2 Å². The number of hydrogen-bond acceptors (Lipinski definition) is 4. The van der Waals surface area contributed by atoms with Crippen LogP contribution in [0, 0.1) is 5.92 Å². The van der Waals surface area contributed by atoms with Gasteiger partial charge in [-0.15, -0.1) is 0 Å². The van der Waals surface area contributed by atoms with Crippen LogP contribution in [0.15, 0.2) is 48.5 Å². The van der Waals surface area contributed by atoms with Crippen molar-refractivity contribution in [2.24, 2.45) is 5.92 Å². The van der Waals surface area contributed by atoms with Gasteiger partial charge in [0.15, 0.2) is 5.78 Å². The van der Waals surface area contributed by atoms with E-state index < -0.39 is 18.0 Å². The second kappa shape index (κ2) is 12.3. The van der Waals surface area contributed by atoms with Crippen molar-refractivity contribution in [1.29, 1.82) is 0 Å². The summed E-state index contributed by atoms with van der Waals surface area (Å²) in [6.45, 7) is 5.72. The Hall–Kier alpha value is -2.41. The summed E-state index contributed by atoms with van der Waals surface area (Å²) in [6, 6.07) is 13.3. The first kappa shape index (κ1) is 26.2. The Labute approximate surface area is 211 Å². The molecule has 0 bridgehead atoms. The Bertz CT molecular complexity index is 1010. The normalized spacial score (nSPS) is 17.8. The summed E-state index contributed by atoms with van der Waals surface area (Å²) in [5.41, 5.74) is 1.47. The molecule has 3 rings (SSSR count). The van der Waals surface area contributed by atoms with Crippen LogP contribution in [0.1, 0.15) is 49.0 Å². The van der Waals surface area contributed by atoms with Crippen molar-refractivity contribution in [1.82, 2.24) is 15.5 Å². The minimum absolute atomic E-state index is 0.0131. The number of amides is 2. The predicted molar refractivity (Wildman–Crippen MR) is 135 cm³/mol. The SMILES string of the molecule is CC(C)CC(NC(=O)c1ccc(Cl)c(Cl)c1)C(=O)NC1CCCN(Cc2ccccc2)CC1=O. The van der Waals surface area contributed by atoms with E-state index in [2.05, 4.69) is 15.5 Å². The van der Waals surface area contributed by atoms with E-state index in [1.165, 1.54) is 6.07 Å². The van der Waals surface area contributed by atoms with E-state index in [0.717, 1.165) is 18.5 Å². The monoisotopic (exact) mass is 503 g/mol. The van der Waals surface area contributed by atoms with E-state index in [9.17, 15) is 14.4 Å². The number of carbonyl (C=O) groups is 3. The highest BCUT2D eigenvalue weighted by Gasteiger charge is 2.30. The fourth-order valence-electron chi connectivity index (χ4n) is 4.07. The number of likely N-dealkylation sites (tertiary alicyclic amines) is 1. The fourth-order valence-corrected chi connectivity index (χ4v) is 4.37. The maximum atomic E-state index is 13.1. The van der Waals surface area contributed by atoms with Crippen molar-refractivity contribution >= 4 is 40.8 Å². The zero-order chi connectivity index (χ0) is 24.7. The van der Waals surface area contributed by atoms with Gasteiger partial charge in [-0.05, 0) is 55.5 Å². The first-order valence-corrected chi connectivity index (χ1v) is 12.3. The van der Waals surface area contributed by atoms with E-state index in [-0.39, 0.29) is 29.2 Å². The van der Waals surface area contributed by atoms with Gasteiger partial charge < -0.3 is 10.6 Å². The molecule has 1 fully saturated rings. The molecule has 2 atom stereocenters. The molecular formula is C26H31Cl2N3O3. The number of benzene rings is 2. The number of carbonyl (C=O) groups excluding carboxylic acids is 3. The standard InChI is InChI=1S/C26H31Cl2N3O3/c1-17(2)13-23(30-25(33)19-10-11-20(27)21(28)14-19)26(34)29-22-9-6-12-31(16-24(22)32)15-18-7-4-3-5-8-18/h3-5,7-8,10-11,14,17,22-23H,6,9,12-13,15-16H2,1-2H3,(H,29,34)(H,30,33). The number of Topliss-reactive ketones (excluding diaryl/α,β-unsaturated/α-hetero) is 1. The number of rotatable bonds is 8. The van der Waals surface area contributed by atoms with Crippen molar-refractivity contribution in [2.75, 3.05) is 13.1 Å². The van der Waals surface area contributed by atoms with Gasteiger partial charge in [-0.1, -0.05) is 67.4 Å². The summed E-state index contributed by atoms with van der Waals surface area (Å²) in [5, 5.41) is 6.31. The van der Waals surface area contributed by atoms with Crippen LogP contribution < -0.4 is 10.6 Å². The lowest BCUT2D eigenvalue weighted by Crippen LogP contribution is -2.52. The molecular weight excluding hydrogens is 473 g/mol. The summed E-state index contributed by atoms with van der Waals surface area (Å²) in [5.74, 6) is -0.616. The molecule has 2 N–H and O–H groups in total. The van der Waals surface area contributed by atoms with Crippen molar-refractivity contribution in [3.8, 4) is 0 Å². The lowest BCUT2D eigenvalue weighted by Gasteiger charge is -2.24. The highest BCUT2D eigenvalue weighted by molar-refractivity contribution is 6.42. The fraction of sp³-hybridized carbons (Fsp3) is 0.423. The zero-order valence-electron chi connectivity index (χ0n) is 19.5. The van der Waals surface area contributed by atoms with Crippen LogP contribution in [0.5, 0.6) is 0 Å². The second-order valence-corrected chi connectivity index (χ2v) is 9.96. The topological polar surface area (TPSA) is 78.5 Å². The van der Waals surface area contributed by atoms with Gasteiger partial charge in [-0.2, -0.15) is 0 Å². The smallest absolute Gasteiger partial charge is 0.251 e. The number of ketones is 1. The van der Waals surface area contributed by atoms with Gasteiger partial charge in [0.25, 0.3) is 5.91 Å². The number of hydrogen-bond donors (Lipinski definition) is 2. The molecule has 1 aliphatic heterocycles. The molecule has 34 heavy (non-hydrogen) atoms. The Morgan fingerprint density at radius 2 is 1.82 bits per heavy atom. The molecule has 6 nitrogen and oxygen atoms in total. The number of halogens is 2. The van der Waals surface area contributed by atoms with Gasteiger partial charge in [-0.25, -0.2) is 0 Å². The largest absolute Gasteiger partial charge is 0.344 e. The lowest BCUT2D eigenvalue weighted by atomic mass is 10.0. The minimum Gasteiger partial charge on any atom is -0.344 e. The summed E-state index contributed by atoms with van der Waals surface area (Å²) in [7, 11) is 0. The maximum absolute atomic E-state index is 13.1. The summed E-state index contributed by atoms with van der Waals surface area (Å²) >= 11 is 12.0. The van der Waals surface area contributed by atoms with Crippen molar-refractivity contribution < 1.29 is 14.4 Å². The average Bonchev–Trinajstić information content (AvgIpc) is 2.96. The predicted octanol–water partition coefficient (Wildman–Crippen LogP) is 4.49. The third-order valence-corrected chi connectivity index (χ3v) is 6.55. The van der Waals surface area contributed by atoms with Crippen LogP contribution in [0.25, 0.3) is 0 Å². The van der Waals surface area contributed by atoms with Crippen molar-refractivity contribution in [2.45, 2.75) is 51.7 Å². The van der Waals surface area contributed by atoms with E-state index >= 15 is 0 Å². The van der Waals surface area contributed by atoms with Crippen LogP contribution in [0.2, 0.25) is 10.0 Å². The molecule has 2 aromatic rings. The quantitative estimate of drug-likeness (QED) is 0.556. The molecule has 8 heteroatoms. The van der Waals surface area contributed by atoms with Gasteiger partial charge in [0.1, 0.15) is 6.04 Å². The van der Waals surface area contributed by atoms with Crippen molar-refractivity contribution in [3.63, 3.8) is 0 Å². The molecule has 1 aliphatic rings. The third kappa shape index (κ3) is 7.55. The van der Waals surface area contributed by atoms with Crippen LogP contribution in [-0.4, -0.2) is 47.7 Å². The van der Waals surface area contributed by atoms with Gasteiger partial charge in [0.05, 0.1) is 22.6 Å². The average molecular weight is 504 g/mol. The molecule has 2 aromatic carbocycles. The summed E-state index contributed by atoms with van der Waals surface area (Å²) < 4.78 is 0.